The predicted octanol–water partition coefficient (Wildman–Crippen LogP) is 9.86. The van der Waals surface area contributed by atoms with Gasteiger partial charge in [0.05, 0.1) is 22.1 Å². The Balaban J connectivity index is 1.18. The lowest BCUT2D eigenvalue weighted by atomic mass is 10.0. The number of hydrogen-bond acceptors (Lipinski definition) is 5. The molecular weight excluding hydrogens is 615 g/mol. The van der Waals surface area contributed by atoms with Crippen molar-refractivity contribution in [3.8, 4) is 45.8 Å². The summed E-state index contributed by atoms with van der Waals surface area (Å²) in [6.45, 7) is 0. The normalized spacial score (nSPS) is 11.6. The highest BCUT2D eigenvalue weighted by Gasteiger charge is 2.19. The van der Waals surface area contributed by atoms with E-state index in [1.807, 2.05) is 36.4 Å². The number of aromatic nitrogens is 7. The maximum Gasteiger partial charge on any atom is 0.238 e. The summed E-state index contributed by atoms with van der Waals surface area (Å²) in [6, 6.07) is 52.5. The number of rotatable bonds is 5. The Bertz CT molecular complexity index is 2800. The van der Waals surface area contributed by atoms with Gasteiger partial charge in [-0.05, 0) is 77.9 Å². The molecule has 7 heteroatoms. The topological polar surface area (TPSA) is 74.3 Å². The Kier molecular flexibility index (Phi) is 6.35. The molecule has 0 fully saturated rings. The molecule has 0 saturated carbocycles. The highest BCUT2D eigenvalue weighted by atomic mass is 15.2. The van der Waals surface area contributed by atoms with Crippen LogP contribution in [0.5, 0.6) is 0 Å². The zero-order valence-electron chi connectivity index (χ0n) is 26.7. The van der Waals surface area contributed by atoms with E-state index >= 15 is 0 Å². The van der Waals surface area contributed by atoms with Gasteiger partial charge in [-0.3, -0.25) is 14.5 Å². The van der Waals surface area contributed by atoms with Gasteiger partial charge in [-0.15, -0.1) is 0 Å². The third-order valence-corrected chi connectivity index (χ3v) is 9.31. The fourth-order valence-corrected chi connectivity index (χ4v) is 7.06. The van der Waals surface area contributed by atoms with E-state index in [0.29, 0.717) is 29.0 Å². The van der Waals surface area contributed by atoms with Crippen LogP contribution in [-0.4, -0.2) is 34.1 Å². The van der Waals surface area contributed by atoms with Crippen LogP contribution in [0.2, 0.25) is 0 Å². The Morgan fingerprint density at radius 2 is 0.900 bits per heavy atom. The molecule has 0 unspecified atom stereocenters. The highest BCUT2D eigenvalue weighted by molar-refractivity contribution is 6.12. The minimum Gasteiger partial charge on any atom is -0.309 e. The number of pyridine rings is 2. The molecule has 0 amide bonds. The molecular formula is C43H27N7. The zero-order chi connectivity index (χ0) is 33.0. The summed E-state index contributed by atoms with van der Waals surface area (Å²) in [5, 5.41) is 4.70. The molecule has 50 heavy (non-hydrogen) atoms. The summed E-state index contributed by atoms with van der Waals surface area (Å²) in [5.74, 6) is 1.48. The molecule has 10 rings (SSSR count). The molecule has 0 aliphatic heterocycles. The highest BCUT2D eigenvalue weighted by Crippen LogP contribution is 2.38. The molecule has 0 radical (unpaired) electrons. The number of nitrogens with zero attached hydrogens (tertiary/aromatic N) is 7. The molecule has 7 nitrogen and oxygen atoms in total. The van der Waals surface area contributed by atoms with Gasteiger partial charge < -0.3 is 4.57 Å². The lowest BCUT2D eigenvalue weighted by Crippen LogP contribution is -2.07. The SMILES string of the molecule is c1ccc(-n2c3ccccc3c3ccc(-c4ccc5c(c4)c4ccccc4n5-c4nc(-c5ccccn5)nc(-c5ccccn5)n4)cc32)cc1. The summed E-state index contributed by atoms with van der Waals surface area (Å²) in [6.07, 6.45) is 3.50. The standard InChI is InChI=1S/C43H27N7/c1-2-12-30(13-3-1)49-37-18-6-4-14-31(37)33-22-20-29(27-40(33)49)28-21-23-39-34(26-28)32-15-5-7-19-38(32)50(39)43-47-41(35-16-8-10-24-44-35)46-42(48-43)36-17-9-11-25-45-36/h1-27H. The first-order valence-electron chi connectivity index (χ1n) is 16.5. The van der Waals surface area contributed by atoms with Crippen LogP contribution in [-0.2, 0) is 0 Å². The number of hydrogen-bond donors (Lipinski definition) is 0. The number of para-hydroxylation sites is 3. The molecule has 0 atom stereocenters. The molecule has 5 heterocycles. The van der Waals surface area contributed by atoms with E-state index in [4.69, 9.17) is 15.0 Å². The fraction of sp³-hybridized carbons (Fsp3) is 0. The smallest absolute Gasteiger partial charge is 0.238 e. The van der Waals surface area contributed by atoms with Crippen LogP contribution >= 0.6 is 0 Å². The molecule has 5 aromatic carbocycles. The van der Waals surface area contributed by atoms with Crippen molar-refractivity contribution >= 4 is 43.6 Å². The van der Waals surface area contributed by atoms with Crippen molar-refractivity contribution in [1.82, 2.24) is 34.1 Å². The van der Waals surface area contributed by atoms with Crippen molar-refractivity contribution in [1.29, 1.82) is 0 Å². The van der Waals surface area contributed by atoms with Gasteiger partial charge in [-0.1, -0.05) is 84.9 Å². The van der Waals surface area contributed by atoms with Gasteiger partial charge in [0.25, 0.3) is 0 Å². The quantitative estimate of drug-likeness (QED) is 0.187. The molecule has 0 aliphatic rings. The van der Waals surface area contributed by atoms with E-state index < -0.39 is 0 Å². The molecule has 0 aliphatic carbocycles. The second-order valence-corrected chi connectivity index (χ2v) is 12.2. The molecule has 0 bridgehead atoms. The minimum absolute atomic E-state index is 0.487. The summed E-state index contributed by atoms with van der Waals surface area (Å²) in [7, 11) is 0. The number of fused-ring (bicyclic) bond motifs is 6. The first kappa shape index (κ1) is 28.1. The van der Waals surface area contributed by atoms with Crippen LogP contribution in [0.3, 0.4) is 0 Å². The largest absolute Gasteiger partial charge is 0.309 e. The molecule has 0 saturated heterocycles. The van der Waals surface area contributed by atoms with Gasteiger partial charge >= 0.3 is 0 Å². The average Bonchev–Trinajstić information content (AvgIpc) is 3.71. The van der Waals surface area contributed by atoms with E-state index in [9.17, 15) is 0 Å². The van der Waals surface area contributed by atoms with Crippen LogP contribution < -0.4 is 0 Å². The van der Waals surface area contributed by atoms with E-state index in [1.165, 1.54) is 21.8 Å². The van der Waals surface area contributed by atoms with Crippen molar-refractivity contribution in [3.05, 3.63) is 164 Å². The Hall–Kier alpha value is -6.99. The van der Waals surface area contributed by atoms with Crippen LogP contribution in [0.25, 0.3) is 89.4 Å². The maximum atomic E-state index is 4.99. The first-order chi connectivity index (χ1) is 24.8. The van der Waals surface area contributed by atoms with Crippen LogP contribution in [0, 0.1) is 0 Å². The maximum absolute atomic E-state index is 4.99. The van der Waals surface area contributed by atoms with Gasteiger partial charge in [0.15, 0.2) is 11.6 Å². The van der Waals surface area contributed by atoms with Crippen LogP contribution in [0.4, 0.5) is 0 Å². The first-order valence-corrected chi connectivity index (χ1v) is 16.5. The molecule has 5 aromatic heterocycles. The van der Waals surface area contributed by atoms with Crippen molar-refractivity contribution in [2.75, 3.05) is 0 Å². The Labute approximate surface area is 286 Å². The molecule has 10 aromatic rings. The Morgan fingerprint density at radius 1 is 0.360 bits per heavy atom. The molecule has 0 N–H and O–H groups in total. The van der Waals surface area contributed by atoms with Gasteiger partial charge in [-0.2, -0.15) is 9.97 Å². The average molecular weight is 642 g/mol. The summed E-state index contributed by atoms with van der Waals surface area (Å²) in [4.78, 5) is 23.9. The summed E-state index contributed by atoms with van der Waals surface area (Å²) in [5.41, 5.74) is 9.12. The second kappa shape index (κ2) is 11.3. The lowest BCUT2D eigenvalue weighted by Gasteiger charge is -2.11. The summed E-state index contributed by atoms with van der Waals surface area (Å²) >= 11 is 0. The predicted molar refractivity (Wildman–Crippen MR) is 200 cm³/mol. The van der Waals surface area contributed by atoms with Gasteiger partial charge in [0.2, 0.25) is 5.95 Å². The van der Waals surface area contributed by atoms with Crippen LogP contribution in [0.1, 0.15) is 0 Å². The number of benzene rings is 5. The van der Waals surface area contributed by atoms with Gasteiger partial charge in [-0.25, -0.2) is 4.98 Å². The van der Waals surface area contributed by atoms with Crippen molar-refractivity contribution in [3.63, 3.8) is 0 Å². The van der Waals surface area contributed by atoms with E-state index in [1.54, 1.807) is 12.4 Å². The fourth-order valence-electron chi connectivity index (χ4n) is 7.06. The third-order valence-electron chi connectivity index (χ3n) is 9.31. The van der Waals surface area contributed by atoms with Crippen LogP contribution in [0.15, 0.2) is 164 Å². The second-order valence-electron chi connectivity index (χ2n) is 12.2. The monoisotopic (exact) mass is 641 g/mol. The molecule has 0 spiro atoms. The third kappa shape index (κ3) is 4.48. The summed E-state index contributed by atoms with van der Waals surface area (Å²) < 4.78 is 4.48. The lowest BCUT2D eigenvalue weighted by molar-refractivity contribution is 0.943. The van der Waals surface area contributed by atoms with Gasteiger partial charge in [0.1, 0.15) is 11.4 Å². The zero-order valence-corrected chi connectivity index (χ0v) is 26.7. The van der Waals surface area contributed by atoms with Crippen molar-refractivity contribution in [2.45, 2.75) is 0 Å². The minimum atomic E-state index is 0.487. The van der Waals surface area contributed by atoms with Gasteiger partial charge in [0, 0.05) is 39.6 Å². The van der Waals surface area contributed by atoms with E-state index in [-0.39, 0.29) is 0 Å². The van der Waals surface area contributed by atoms with Crippen molar-refractivity contribution in [2.24, 2.45) is 0 Å². The van der Waals surface area contributed by atoms with Crippen molar-refractivity contribution < 1.29 is 0 Å². The van der Waals surface area contributed by atoms with E-state index in [2.05, 4.69) is 134 Å². The Morgan fingerprint density at radius 3 is 1.58 bits per heavy atom. The van der Waals surface area contributed by atoms with E-state index in [0.717, 1.165) is 38.6 Å². The molecule has 234 valence electrons.